The Kier molecular flexibility index (Phi) is 7.22. The average Bonchev–Trinajstić information content (AvgIpc) is 3.28. The van der Waals surface area contributed by atoms with E-state index in [9.17, 15) is 4.79 Å². The number of benzene rings is 3. The highest BCUT2D eigenvalue weighted by Gasteiger charge is 2.14. The zero-order valence-electron chi connectivity index (χ0n) is 18.1. The van der Waals surface area contributed by atoms with Gasteiger partial charge < -0.3 is 14.8 Å². The van der Waals surface area contributed by atoms with Crippen molar-refractivity contribution < 1.29 is 14.3 Å². The monoisotopic (exact) mass is 479 g/mol. The molecule has 0 unspecified atom stereocenters. The van der Waals surface area contributed by atoms with Crippen molar-refractivity contribution in [2.45, 2.75) is 5.16 Å². The minimum absolute atomic E-state index is 0.127. The number of nitrogens with zero attached hydrogens (tertiary/aromatic N) is 2. The lowest BCUT2D eigenvalue weighted by Crippen LogP contribution is -2.14. The molecule has 0 aliphatic rings. The maximum Gasteiger partial charge on any atom is 0.234 e. The molecule has 8 heteroatoms. The van der Waals surface area contributed by atoms with Crippen LogP contribution < -0.4 is 14.8 Å². The summed E-state index contributed by atoms with van der Waals surface area (Å²) in [6, 6.07) is 22.4. The van der Waals surface area contributed by atoms with E-state index in [2.05, 4.69) is 5.32 Å². The fraction of sp³-hybridized carbons (Fsp3) is 0.120. The molecule has 33 heavy (non-hydrogen) atoms. The zero-order valence-corrected chi connectivity index (χ0v) is 19.7. The second-order valence-corrected chi connectivity index (χ2v) is 8.43. The fourth-order valence-electron chi connectivity index (χ4n) is 3.15. The lowest BCUT2D eigenvalue weighted by molar-refractivity contribution is -0.113. The number of aromatic nitrogens is 2. The van der Waals surface area contributed by atoms with Crippen LogP contribution in [0.15, 0.2) is 84.1 Å². The molecular formula is C25H22ClN3O3S. The molecule has 0 radical (unpaired) electrons. The maximum absolute atomic E-state index is 12.5. The van der Waals surface area contributed by atoms with Crippen molar-refractivity contribution >= 4 is 35.0 Å². The number of anilines is 1. The van der Waals surface area contributed by atoms with Crippen molar-refractivity contribution in [2.75, 3.05) is 25.3 Å². The van der Waals surface area contributed by atoms with Crippen molar-refractivity contribution in [3.63, 3.8) is 0 Å². The number of amides is 1. The summed E-state index contributed by atoms with van der Waals surface area (Å²) in [5.41, 5.74) is 3.37. The van der Waals surface area contributed by atoms with E-state index in [-0.39, 0.29) is 11.7 Å². The number of ether oxygens (including phenoxy) is 2. The number of methoxy groups -OCH3 is 2. The second-order valence-electron chi connectivity index (χ2n) is 7.05. The molecule has 0 atom stereocenters. The van der Waals surface area contributed by atoms with Crippen LogP contribution in [0.4, 0.5) is 5.69 Å². The topological polar surface area (TPSA) is 65.4 Å². The maximum atomic E-state index is 12.5. The normalized spacial score (nSPS) is 10.6. The Balaban J connectivity index is 1.57. The Morgan fingerprint density at radius 3 is 2.15 bits per heavy atom. The minimum Gasteiger partial charge on any atom is -0.497 e. The van der Waals surface area contributed by atoms with Crippen molar-refractivity contribution in [2.24, 2.45) is 0 Å². The summed E-state index contributed by atoms with van der Waals surface area (Å²) in [5, 5.41) is 4.21. The molecule has 0 aliphatic heterocycles. The first kappa shape index (κ1) is 22.8. The van der Waals surface area contributed by atoms with Gasteiger partial charge in [0.25, 0.3) is 0 Å². The van der Waals surface area contributed by atoms with E-state index in [0.29, 0.717) is 15.9 Å². The average molecular weight is 480 g/mol. The molecule has 0 fully saturated rings. The Hall–Kier alpha value is -3.42. The number of hydrogen-bond acceptors (Lipinski definition) is 5. The van der Waals surface area contributed by atoms with Crippen molar-refractivity contribution in [3.05, 3.63) is 84.0 Å². The molecule has 1 N–H and O–H groups in total. The quantitative estimate of drug-likeness (QED) is 0.317. The smallest absolute Gasteiger partial charge is 0.234 e. The molecule has 4 aromatic rings. The van der Waals surface area contributed by atoms with Crippen molar-refractivity contribution in [1.82, 2.24) is 9.55 Å². The van der Waals surface area contributed by atoms with Crippen molar-refractivity contribution in [1.29, 1.82) is 0 Å². The molecule has 3 aromatic carbocycles. The molecule has 1 aromatic heterocycles. The number of nitrogens with one attached hydrogen (secondary N) is 1. The highest BCUT2D eigenvalue weighted by atomic mass is 35.5. The Bertz CT molecular complexity index is 1220. The zero-order chi connectivity index (χ0) is 23.2. The molecule has 0 saturated heterocycles. The van der Waals surface area contributed by atoms with E-state index in [1.54, 1.807) is 38.5 Å². The summed E-state index contributed by atoms with van der Waals surface area (Å²) in [7, 11) is 3.27. The number of thioether (sulfide) groups is 1. The second kappa shape index (κ2) is 10.5. The van der Waals surface area contributed by atoms with E-state index in [0.717, 1.165) is 28.4 Å². The van der Waals surface area contributed by atoms with Crippen LogP contribution in [-0.2, 0) is 4.79 Å². The summed E-state index contributed by atoms with van der Waals surface area (Å²) >= 11 is 7.27. The minimum atomic E-state index is -0.127. The van der Waals surface area contributed by atoms with Gasteiger partial charge in [-0.25, -0.2) is 4.98 Å². The summed E-state index contributed by atoms with van der Waals surface area (Å²) < 4.78 is 12.5. The Morgan fingerprint density at radius 1 is 0.939 bits per heavy atom. The largest absolute Gasteiger partial charge is 0.497 e. The first-order valence-electron chi connectivity index (χ1n) is 10.1. The molecule has 1 amide bonds. The van der Waals surface area contributed by atoms with Crippen LogP contribution in [0.3, 0.4) is 0 Å². The van der Waals surface area contributed by atoms with Gasteiger partial charge in [0.1, 0.15) is 11.5 Å². The molecule has 0 aliphatic carbocycles. The molecule has 1 heterocycles. The van der Waals surface area contributed by atoms with Gasteiger partial charge in [-0.3, -0.25) is 9.36 Å². The standard InChI is InChI=1S/C25H22ClN3O3S/c1-31-21-11-3-17(4-12-21)23-15-29(20-9-13-22(32-2)14-10-20)25(28-23)33-16-24(30)27-19-7-5-18(26)6-8-19/h3-15H,16H2,1-2H3,(H,27,30). The molecule has 6 nitrogen and oxygen atoms in total. The van der Waals surface area contributed by atoms with E-state index < -0.39 is 0 Å². The molecule has 0 bridgehead atoms. The lowest BCUT2D eigenvalue weighted by Gasteiger charge is -2.09. The predicted octanol–water partition coefficient (Wildman–Crippen LogP) is 5.94. The van der Waals surface area contributed by atoms with Crippen molar-refractivity contribution in [3.8, 4) is 28.4 Å². The molecule has 0 spiro atoms. The van der Waals surface area contributed by atoms with Gasteiger partial charge in [-0.15, -0.1) is 0 Å². The highest BCUT2D eigenvalue weighted by molar-refractivity contribution is 7.99. The summed E-state index contributed by atoms with van der Waals surface area (Å²) in [4.78, 5) is 17.3. The van der Waals surface area contributed by atoms with Crippen LogP contribution in [0.1, 0.15) is 0 Å². The third-order valence-corrected chi connectivity index (χ3v) is 6.07. The fourth-order valence-corrected chi connectivity index (χ4v) is 4.07. The summed E-state index contributed by atoms with van der Waals surface area (Å²) in [6.45, 7) is 0. The number of imidazole rings is 1. The lowest BCUT2D eigenvalue weighted by atomic mass is 10.1. The molecule has 168 valence electrons. The molecule has 0 saturated carbocycles. The van der Waals surface area contributed by atoms with Crippen LogP contribution in [0.5, 0.6) is 11.5 Å². The molecule has 4 rings (SSSR count). The number of hydrogen-bond donors (Lipinski definition) is 1. The summed E-state index contributed by atoms with van der Waals surface area (Å²) in [5.74, 6) is 1.63. The predicted molar refractivity (Wildman–Crippen MR) is 133 cm³/mol. The first-order chi connectivity index (χ1) is 16.1. The van der Waals surface area contributed by atoms with Crippen LogP contribution in [0.2, 0.25) is 5.02 Å². The third kappa shape index (κ3) is 5.69. The SMILES string of the molecule is COc1ccc(-c2cn(-c3ccc(OC)cc3)c(SCC(=O)Nc3ccc(Cl)cc3)n2)cc1. The number of carbonyl (C=O) groups is 1. The summed E-state index contributed by atoms with van der Waals surface area (Å²) in [6.07, 6.45) is 1.96. The van der Waals surface area contributed by atoms with Gasteiger partial charge in [0.15, 0.2) is 5.16 Å². The third-order valence-electron chi connectivity index (χ3n) is 4.87. The number of carbonyl (C=O) groups excluding carboxylic acids is 1. The van der Waals surface area contributed by atoms with Gasteiger partial charge in [-0.1, -0.05) is 23.4 Å². The van der Waals surface area contributed by atoms with Crippen LogP contribution in [-0.4, -0.2) is 35.4 Å². The Morgan fingerprint density at radius 2 is 1.55 bits per heavy atom. The van der Waals surface area contributed by atoms with Gasteiger partial charge >= 0.3 is 0 Å². The van der Waals surface area contributed by atoms with E-state index in [1.165, 1.54) is 11.8 Å². The number of halogens is 1. The van der Waals surface area contributed by atoms with E-state index in [1.807, 2.05) is 59.3 Å². The van der Waals surface area contributed by atoms with Crippen LogP contribution in [0.25, 0.3) is 16.9 Å². The number of rotatable bonds is 8. The van der Waals surface area contributed by atoms with Gasteiger partial charge in [-0.2, -0.15) is 0 Å². The highest BCUT2D eigenvalue weighted by Crippen LogP contribution is 2.29. The van der Waals surface area contributed by atoms with Gasteiger partial charge in [0.2, 0.25) is 5.91 Å². The molecular weight excluding hydrogens is 458 g/mol. The van der Waals surface area contributed by atoms with Gasteiger partial charge in [0.05, 0.1) is 25.7 Å². The van der Waals surface area contributed by atoms with Crippen LogP contribution >= 0.6 is 23.4 Å². The first-order valence-corrected chi connectivity index (χ1v) is 11.5. The Labute approximate surface area is 201 Å². The van der Waals surface area contributed by atoms with E-state index in [4.69, 9.17) is 26.1 Å². The van der Waals surface area contributed by atoms with Gasteiger partial charge in [-0.05, 0) is 72.8 Å². The van der Waals surface area contributed by atoms with E-state index >= 15 is 0 Å². The van der Waals surface area contributed by atoms with Crippen LogP contribution in [0, 0.1) is 0 Å². The van der Waals surface area contributed by atoms with Gasteiger partial charge in [0, 0.05) is 28.2 Å².